The van der Waals surface area contributed by atoms with Gasteiger partial charge in [0, 0.05) is 38.4 Å². The molecule has 13 rings (SSSR count). The maximum absolute atomic E-state index is 15.2. The number of halogens is 3. The topological polar surface area (TPSA) is 57.4 Å². The van der Waals surface area contributed by atoms with Gasteiger partial charge in [-0.2, -0.15) is 23.7 Å². The fraction of sp³-hybridized carbons (Fsp3) is 0.0685. The molecule has 13 aromatic rings. The van der Waals surface area contributed by atoms with Gasteiger partial charge in [0.25, 0.3) is 0 Å². The summed E-state index contributed by atoms with van der Waals surface area (Å²) in [6, 6.07) is 79.2. The fourth-order valence-electron chi connectivity index (χ4n) is 11.5. The van der Waals surface area contributed by atoms with Gasteiger partial charge < -0.3 is 9.13 Å². The second-order valence-electron chi connectivity index (χ2n) is 21.0. The van der Waals surface area contributed by atoms with E-state index in [1.165, 1.54) is 23.3 Å². The van der Waals surface area contributed by atoms with Crippen molar-refractivity contribution >= 4 is 43.6 Å². The van der Waals surface area contributed by atoms with Crippen molar-refractivity contribution in [2.24, 2.45) is 0 Å². The molecule has 2 heterocycles. The van der Waals surface area contributed by atoms with Crippen molar-refractivity contribution in [2.45, 2.75) is 33.9 Å². The lowest BCUT2D eigenvalue weighted by Gasteiger charge is -2.20. The van der Waals surface area contributed by atoms with Crippen LogP contribution in [-0.4, -0.2) is 9.13 Å². The Labute approximate surface area is 461 Å². The summed E-state index contributed by atoms with van der Waals surface area (Å²) < 4.78 is 49.9. The van der Waals surface area contributed by atoms with Crippen LogP contribution in [0.2, 0.25) is 0 Å². The van der Waals surface area contributed by atoms with Crippen LogP contribution in [0.1, 0.15) is 38.9 Å². The first-order valence-electron chi connectivity index (χ1n) is 26.6. The molecule has 0 N–H and O–H groups in total. The Balaban J connectivity index is 1.09. The molecule has 0 saturated carbocycles. The van der Waals surface area contributed by atoms with Crippen LogP contribution in [0.4, 0.5) is 13.2 Å². The van der Waals surface area contributed by atoms with Crippen LogP contribution in [0, 0.1) is 50.4 Å². The molecule has 0 bridgehead atoms. The Hall–Kier alpha value is -10.2. The van der Waals surface area contributed by atoms with Crippen LogP contribution in [0.3, 0.4) is 0 Å². The number of alkyl halides is 3. The highest BCUT2D eigenvalue weighted by Crippen LogP contribution is 2.45. The van der Waals surface area contributed by atoms with Gasteiger partial charge in [-0.25, -0.2) is 0 Å². The van der Waals surface area contributed by atoms with Gasteiger partial charge in [0.1, 0.15) is 0 Å². The Bertz CT molecular complexity index is 4510. The van der Waals surface area contributed by atoms with Crippen LogP contribution < -0.4 is 0 Å². The summed E-state index contributed by atoms with van der Waals surface area (Å²) in [4.78, 5) is 0. The standard InChI is InChI=1S/C73H49F3N4/c1-44-5-14-49(15-6-44)53-23-30-68-63(36-53)64-37-54(50-16-7-45(2)8-17-50)24-31-69(64)79(68)59-28-22-58(43-78)61(41-59)62-40-57(60-29-13-48(42-77)35-67(60)73(74,75)76)27-34-70(62)80-71-32-25-55(51-18-9-46(3)10-19-51)38-65(71)66-39-56(26-33-72(66)80)52-20-11-47(4)12-21-52/h5-41H,1-4H3. The molecule has 0 unspecified atom stereocenters. The van der Waals surface area contributed by atoms with E-state index >= 15 is 13.2 Å². The van der Waals surface area contributed by atoms with E-state index in [2.05, 4.69) is 213 Å². The number of hydrogen-bond donors (Lipinski definition) is 0. The largest absolute Gasteiger partial charge is 0.417 e. The molecular weight excluding hydrogens is 990 g/mol. The van der Waals surface area contributed by atoms with Crippen molar-refractivity contribution in [3.8, 4) is 90.3 Å². The Morgan fingerprint density at radius 3 is 1.10 bits per heavy atom. The Morgan fingerprint density at radius 2 is 0.713 bits per heavy atom. The number of aryl methyl sites for hydroxylation is 4. The van der Waals surface area contributed by atoms with Crippen LogP contribution in [0.25, 0.3) is 122 Å². The first kappa shape index (κ1) is 49.4. The smallest absolute Gasteiger partial charge is 0.309 e. The van der Waals surface area contributed by atoms with E-state index in [4.69, 9.17) is 0 Å². The summed E-state index contributed by atoms with van der Waals surface area (Å²) in [7, 11) is 0. The van der Waals surface area contributed by atoms with Crippen molar-refractivity contribution in [3.63, 3.8) is 0 Å². The minimum Gasteiger partial charge on any atom is -0.309 e. The van der Waals surface area contributed by atoms with E-state index in [9.17, 15) is 10.5 Å². The molecule has 382 valence electrons. The van der Waals surface area contributed by atoms with Gasteiger partial charge in [-0.05, 0) is 174 Å². The van der Waals surface area contributed by atoms with Gasteiger partial charge in [0.15, 0.2) is 0 Å². The zero-order valence-electron chi connectivity index (χ0n) is 44.3. The lowest BCUT2D eigenvalue weighted by Crippen LogP contribution is -2.08. The van der Waals surface area contributed by atoms with Gasteiger partial charge in [0.05, 0.1) is 56.6 Å². The summed E-state index contributed by atoms with van der Waals surface area (Å²) in [6.45, 7) is 8.31. The molecule has 0 aliphatic heterocycles. The molecule has 0 saturated heterocycles. The molecule has 7 heteroatoms. The Kier molecular flexibility index (Phi) is 11.9. The highest BCUT2D eigenvalue weighted by Gasteiger charge is 2.34. The molecule has 0 aliphatic rings. The van der Waals surface area contributed by atoms with Crippen LogP contribution in [0.5, 0.6) is 0 Å². The van der Waals surface area contributed by atoms with E-state index < -0.39 is 11.7 Å². The van der Waals surface area contributed by atoms with E-state index in [1.54, 1.807) is 12.1 Å². The molecule has 0 amide bonds. The van der Waals surface area contributed by atoms with Crippen LogP contribution in [-0.2, 0) is 6.18 Å². The average molecular weight is 1040 g/mol. The van der Waals surface area contributed by atoms with Crippen molar-refractivity contribution in [1.82, 2.24) is 9.13 Å². The van der Waals surface area contributed by atoms with E-state index in [0.29, 0.717) is 22.4 Å². The molecule has 11 aromatic carbocycles. The minimum absolute atomic E-state index is 0.0807. The number of hydrogen-bond acceptors (Lipinski definition) is 2. The molecule has 0 aliphatic carbocycles. The highest BCUT2D eigenvalue weighted by molar-refractivity contribution is 6.13. The molecule has 2 aromatic heterocycles. The number of fused-ring (bicyclic) bond motifs is 6. The van der Waals surface area contributed by atoms with Crippen LogP contribution >= 0.6 is 0 Å². The molecule has 4 nitrogen and oxygen atoms in total. The normalized spacial score (nSPS) is 11.7. The molecule has 80 heavy (non-hydrogen) atoms. The number of rotatable bonds is 8. The van der Waals surface area contributed by atoms with Gasteiger partial charge in [0.2, 0.25) is 0 Å². The monoisotopic (exact) mass is 1040 g/mol. The van der Waals surface area contributed by atoms with E-state index in [1.807, 2.05) is 30.3 Å². The second kappa shape index (κ2) is 19.4. The highest BCUT2D eigenvalue weighted by atomic mass is 19.4. The number of benzene rings is 11. The van der Waals surface area contributed by atoms with Gasteiger partial charge in [-0.3, -0.25) is 0 Å². The zero-order valence-corrected chi connectivity index (χ0v) is 44.3. The van der Waals surface area contributed by atoms with Gasteiger partial charge >= 0.3 is 6.18 Å². The fourth-order valence-corrected chi connectivity index (χ4v) is 11.5. The third-order valence-corrected chi connectivity index (χ3v) is 15.7. The van der Waals surface area contributed by atoms with Crippen LogP contribution in [0.15, 0.2) is 224 Å². The maximum Gasteiger partial charge on any atom is 0.417 e. The molecule has 0 spiro atoms. The molecule has 0 fully saturated rings. The van der Waals surface area contributed by atoms with Crippen molar-refractivity contribution in [1.29, 1.82) is 10.5 Å². The first-order chi connectivity index (χ1) is 38.8. The lowest BCUT2D eigenvalue weighted by atomic mass is 9.91. The second-order valence-corrected chi connectivity index (χ2v) is 21.0. The SMILES string of the molecule is Cc1ccc(-c2ccc3c(c2)c2cc(-c4ccc(C)cc4)ccc2n3-c2ccc(C#N)c(-c3cc(-c4ccc(C#N)cc4C(F)(F)F)ccc3-n3c4ccc(-c5ccc(C)cc5)cc4c4cc(-c5ccc(C)cc5)ccc43)c2)cc1. The van der Waals surface area contributed by atoms with E-state index in [0.717, 1.165) is 111 Å². The molecular formula is C73H49F3N4. The third kappa shape index (κ3) is 8.67. The van der Waals surface area contributed by atoms with Crippen molar-refractivity contribution < 1.29 is 13.2 Å². The van der Waals surface area contributed by atoms with Gasteiger partial charge in [-0.15, -0.1) is 0 Å². The van der Waals surface area contributed by atoms with Gasteiger partial charge in [-0.1, -0.05) is 156 Å². The predicted octanol–water partition coefficient (Wildman–Crippen LogP) is 19.9. The average Bonchev–Trinajstić information content (AvgIpc) is 4.07. The summed E-state index contributed by atoms with van der Waals surface area (Å²) in [5, 5.41) is 25.0. The quantitative estimate of drug-likeness (QED) is 0.152. The minimum atomic E-state index is -4.77. The third-order valence-electron chi connectivity index (χ3n) is 15.7. The predicted molar refractivity (Wildman–Crippen MR) is 321 cm³/mol. The summed E-state index contributed by atoms with van der Waals surface area (Å²) in [5.41, 5.74) is 18.9. The number of aromatic nitrogens is 2. The number of nitriles is 2. The molecule has 0 radical (unpaired) electrons. The maximum atomic E-state index is 15.2. The van der Waals surface area contributed by atoms with Crippen molar-refractivity contribution in [2.75, 3.05) is 0 Å². The summed E-state index contributed by atoms with van der Waals surface area (Å²) in [5.74, 6) is 0. The lowest BCUT2D eigenvalue weighted by molar-refractivity contribution is -0.137. The molecule has 0 atom stereocenters. The number of nitrogens with zero attached hydrogens (tertiary/aromatic N) is 4. The zero-order chi connectivity index (χ0) is 55.0. The summed E-state index contributed by atoms with van der Waals surface area (Å²) >= 11 is 0. The van der Waals surface area contributed by atoms with E-state index in [-0.39, 0.29) is 16.7 Å². The summed E-state index contributed by atoms with van der Waals surface area (Å²) in [6.07, 6.45) is -4.77. The van der Waals surface area contributed by atoms with Crippen molar-refractivity contribution in [3.05, 3.63) is 263 Å². The first-order valence-corrected chi connectivity index (χ1v) is 26.6. The Morgan fingerprint density at radius 1 is 0.325 bits per heavy atom.